The van der Waals surface area contributed by atoms with Gasteiger partial charge in [0.25, 0.3) is 0 Å². The fraction of sp³-hybridized carbons (Fsp3) is 0.571. The van der Waals surface area contributed by atoms with Crippen LogP contribution >= 0.6 is 0 Å². The summed E-state index contributed by atoms with van der Waals surface area (Å²) in [5, 5.41) is 16.0. The number of nitrogens with zero attached hydrogens (tertiary/aromatic N) is 3. The molecule has 0 bridgehead atoms. The van der Waals surface area contributed by atoms with Gasteiger partial charge in [-0.1, -0.05) is 5.21 Å². The van der Waals surface area contributed by atoms with Crippen LogP contribution in [0.3, 0.4) is 0 Å². The van der Waals surface area contributed by atoms with E-state index in [4.69, 9.17) is 10.8 Å². The first-order valence-electron chi connectivity index (χ1n) is 3.92. The Hall–Kier alpha value is -1.43. The van der Waals surface area contributed by atoms with Crippen LogP contribution in [-0.4, -0.2) is 26.1 Å². The van der Waals surface area contributed by atoms with Crippen LogP contribution < -0.4 is 5.73 Å². The van der Waals surface area contributed by atoms with Gasteiger partial charge in [-0.25, -0.2) is 4.68 Å². The smallest absolute Gasteiger partial charge is 0.326 e. The third-order valence-corrected chi connectivity index (χ3v) is 1.68. The fourth-order valence-electron chi connectivity index (χ4n) is 1.00. The topological polar surface area (TPSA) is 94.0 Å². The molecular weight excluding hydrogens is 172 g/mol. The van der Waals surface area contributed by atoms with Crippen molar-refractivity contribution in [3.8, 4) is 0 Å². The van der Waals surface area contributed by atoms with Crippen LogP contribution in [0, 0.1) is 0 Å². The molecule has 6 heteroatoms. The van der Waals surface area contributed by atoms with Crippen LogP contribution in [0.4, 0.5) is 0 Å². The Morgan fingerprint density at radius 2 is 2.31 bits per heavy atom. The fourth-order valence-corrected chi connectivity index (χ4v) is 1.00. The highest BCUT2D eigenvalue weighted by molar-refractivity contribution is 5.74. The molecule has 1 heterocycles. The minimum atomic E-state index is -1.08. The first kappa shape index (κ1) is 9.66. The van der Waals surface area contributed by atoms with Crippen LogP contribution in [0.1, 0.15) is 31.6 Å². The molecule has 0 fully saturated rings. The van der Waals surface area contributed by atoms with E-state index in [1.54, 1.807) is 0 Å². The average molecular weight is 184 g/mol. The molecule has 0 aliphatic rings. The van der Waals surface area contributed by atoms with E-state index < -0.39 is 12.0 Å². The van der Waals surface area contributed by atoms with Gasteiger partial charge in [-0.15, -0.1) is 5.10 Å². The summed E-state index contributed by atoms with van der Waals surface area (Å²) in [5.74, 6) is -1.08. The highest BCUT2D eigenvalue weighted by Crippen LogP contribution is 2.12. The maximum absolute atomic E-state index is 10.6. The van der Waals surface area contributed by atoms with Crippen LogP contribution in [0.5, 0.6) is 0 Å². The minimum Gasteiger partial charge on any atom is -0.480 e. The number of hydrogen-bond acceptors (Lipinski definition) is 4. The molecule has 3 N–H and O–H groups in total. The second-order valence-corrected chi connectivity index (χ2v) is 3.01. The van der Waals surface area contributed by atoms with Crippen molar-refractivity contribution in [3.63, 3.8) is 0 Å². The second kappa shape index (κ2) is 3.53. The summed E-state index contributed by atoms with van der Waals surface area (Å²) in [6.45, 7) is 3.76. The van der Waals surface area contributed by atoms with Gasteiger partial charge in [-0.3, -0.25) is 4.79 Å². The van der Waals surface area contributed by atoms with Gasteiger partial charge in [0, 0.05) is 6.04 Å². The van der Waals surface area contributed by atoms with Gasteiger partial charge in [-0.2, -0.15) is 0 Å². The zero-order chi connectivity index (χ0) is 10.0. The monoisotopic (exact) mass is 184 g/mol. The molecule has 6 nitrogen and oxygen atoms in total. The predicted molar refractivity (Wildman–Crippen MR) is 45.0 cm³/mol. The van der Waals surface area contributed by atoms with Gasteiger partial charge in [-0.05, 0) is 13.8 Å². The normalized spacial score (nSPS) is 13.2. The van der Waals surface area contributed by atoms with Crippen LogP contribution in [0.2, 0.25) is 0 Å². The number of nitrogens with two attached hydrogens (primary N) is 1. The third kappa shape index (κ3) is 1.83. The van der Waals surface area contributed by atoms with Crippen molar-refractivity contribution in [2.75, 3.05) is 0 Å². The Morgan fingerprint density at radius 1 is 1.69 bits per heavy atom. The Kier molecular flexibility index (Phi) is 2.62. The summed E-state index contributed by atoms with van der Waals surface area (Å²) < 4.78 is 1.50. The summed E-state index contributed by atoms with van der Waals surface area (Å²) in [7, 11) is 0. The van der Waals surface area contributed by atoms with Crippen molar-refractivity contribution in [1.82, 2.24) is 15.0 Å². The number of hydrogen-bond donors (Lipinski definition) is 2. The first-order valence-corrected chi connectivity index (χ1v) is 3.92. The van der Waals surface area contributed by atoms with Crippen molar-refractivity contribution in [2.45, 2.75) is 25.9 Å². The van der Waals surface area contributed by atoms with E-state index in [-0.39, 0.29) is 6.04 Å². The number of carboxylic acids is 1. The molecule has 13 heavy (non-hydrogen) atoms. The SMILES string of the molecule is CC(C)n1nncc1C(N)C(=O)O. The number of carboxylic acid groups (broad SMARTS) is 1. The van der Waals surface area contributed by atoms with Crippen molar-refractivity contribution >= 4 is 5.97 Å². The lowest BCUT2D eigenvalue weighted by Crippen LogP contribution is -2.24. The van der Waals surface area contributed by atoms with Gasteiger partial charge in [0.2, 0.25) is 0 Å². The number of aliphatic carboxylic acids is 1. The molecule has 0 radical (unpaired) electrons. The molecule has 1 unspecified atom stereocenters. The van der Waals surface area contributed by atoms with Gasteiger partial charge in [0.15, 0.2) is 0 Å². The molecule has 0 saturated heterocycles. The zero-order valence-electron chi connectivity index (χ0n) is 7.51. The third-order valence-electron chi connectivity index (χ3n) is 1.68. The second-order valence-electron chi connectivity index (χ2n) is 3.01. The lowest BCUT2D eigenvalue weighted by molar-refractivity contribution is -0.138. The van der Waals surface area contributed by atoms with Crippen molar-refractivity contribution < 1.29 is 9.90 Å². The van der Waals surface area contributed by atoms with Crippen molar-refractivity contribution in [3.05, 3.63) is 11.9 Å². The predicted octanol–water partition coefficient (Wildman–Crippen LogP) is -0.0566. The largest absolute Gasteiger partial charge is 0.480 e. The van der Waals surface area contributed by atoms with Gasteiger partial charge in [0.05, 0.1) is 11.9 Å². The molecule has 1 rings (SSSR count). The quantitative estimate of drug-likeness (QED) is 0.686. The molecule has 0 amide bonds. The van der Waals surface area contributed by atoms with Crippen molar-refractivity contribution in [1.29, 1.82) is 0 Å². The first-order chi connectivity index (χ1) is 6.04. The zero-order valence-corrected chi connectivity index (χ0v) is 7.51. The van der Waals surface area contributed by atoms with E-state index in [1.165, 1.54) is 10.9 Å². The molecule has 0 aliphatic heterocycles. The van der Waals surface area contributed by atoms with E-state index in [0.29, 0.717) is 5.69 Å². The van der Waals surface area contributed by atoms with Gasteiger partial charge < -0.3 is 10.8 Å². The highest BCUT2D eigenvalue weighted by Gasteiger charge is 2.20. The Morgan fingerprint density at radius 3 is 2.77 bits per heavy atom. The Balaban J connectivity index is 3.00. The molecule has 1 atom stereocenters. The number of carbonyl (C=O) groups is 1. The number of rotatable bonds is 3. The number of aromatic nitrogens is 3. The lowest BCUT2D eigenvalue weighted by Gasteiger charge is -2.11. The van der Waals surface area contributed by atoms with E-state index in [9.17, 15) is 4.79 Å². The van der Waals surface area contributed by atoms with Gasteiger partial charge in [0.1, 0.15) is 6.04 Å². The summed E-state index contributed by atoms with van der Waals surface area (Å²) >= 11 is 0. The molecule has 0 aromatic carbocycles. The van der Waals surface area contributed by atoms with Crippen LogP contribution in [0.25, 0.3) is 0 Å². The lowest BCUT2D eigenvalue weighted by atomic mass is 10.2. The molecule has 0 saturated carbocycles. The van der Waals surface area contributed by atoms with E-state index >= 15 is 0 Å². The molecule has 72 valence electrons. The molecular formula is C7H12N4O2. The van der Waals surface area contributed by atoms with E-state index in [0.717, 1.165) is 0 Å². The molecule has 0 spiro atoms. The summed E-state index contributed by atoms with van der Waals surface area (Å²) in [4.78, 5) is 10.6. The van der Waals surface area contributed by atoms with Crippen LogP contribution in [-0.2, 0) is 4.79 Å². The minimum absolute atomic E-state index is 0.0582. The van der Waals surface area contributed by atoms with Gasteiger partial charge >= 0.3 is 5.97 Å². The molecule has 0 aliphatic carbocycles. The summed E-state index contributed by atoms with van der Waals surface area (Å²) in [6, 6.07) is -1.000. The van der Waals surface area contributed by atoms with E-state index in [1.807, 2.05) is 13.8 Å². The highest BCUT2D eigenvalue weighted by atomic mass is 16.4. The maximum atomic E-state index is 10.6. The van der Waals surface area contributed by atoms with E-state index in [2.05, 4.69) is 10.3 Å². The van der Waals surface area contributed by atoms with Crippen LogP contribution in [0.15, 0.2) is 6.20 Å². The summed E-state index contributed by atoms with van der Waals surface area (Å²) in [5.41, 5.74) is 5.84. The average Bonchev–Trinajstić information content (AvgIpc) is 2.50. The molecule has 1 aromatic rings. The molecule has 1 aromatic heterocycles. The summed E-state index contributed by atoms with van der Waals surface area (Å²) in [6.07, 6.45) is 1.37. The Labute approximate surface area is 75.3 Å². The standard InChI is InChI=1S/C7H12N4O2/c1-4(2)11-5(3-9-10-11)6(8)7(12)13/h3-4,6H,8H2,1-2H3,(H,12,13). The maximum Gasteiger partial charge on any atom is 0.326 e. The van der Waals surface area contributed by atoms with Crippen molar-refractivity contribution in [2.24, 2.45) is 5.73 Å². The Bertz CT molecular complexity index is 307.